The van der Waals surface area contributed by atoms with Gasteiger partial charge in [0.05, 0.1) is 61.8 Å². The average Bonchev–Trinajstić information content (AvgIpc) is 1.65. The predicted octanol–water partition coefficient (Wildman–Crippen LogP) is 17.2. The van der Waals surface area contributed by atoms with E-state index in [-0.39, 0.29) is 89.5 Å². The number of fused-ring (bicyclic) bond motifs is 6. The SMILES string of the molecule is CCC[PH+](c1ccccc1)c1ccccc1.[Au+].[Au+].[Au+].[Au+].[C-]#Cc1ccc2oc3ccc(C#[C-])cc3c2c1.[C-]#Cc1ccc2oc3ccc(C#[C-])cc3c2c1.c1ccc(Pc2ccccc2)cc1.c1ccc([PH+](CC[PH+](c2ccccc2)c2ccccc2)c2ccccc2)cc1. The van der Waals surface area contributed by atoms with E-state index < -0.39 is 23.8 Å². The van der Waals surface area contributed by atoms with Crippen molar-refractivity contribution in [1.29, 1.82) is 0 Å². The topological polar surface area (TPSA) is 26.3 Å². The Balaban J connectivity index is 0.000000191. The van der Waals surface area contributed by atoms with Crippen LogP contribution in [0.15, 0.2) is 324 Å². The quantitative estimate of drug-likeness (QED) is 0.0498. The molecular formula is C85H67Au4O2P4+3. The third-order valence-electron chi connectivity index (χ3n) is 15.2. The zero-order valence-electron chi connectivity index (χ0n) is 51.9. The summed E-state index contributed by atoms with van der Waals surface area (Å²) in [6.45, 7) is 2.27. The first-order chi connectivity index (χ1) is 44.9. The Morgan fingerprint density at radius 3 is 0.674 bits per heavy atom. The van der Waals surface area contributed by atoms with Crippen molar-refractivity contribution in [3.05, 3.63) is 363 Å². The van der Waals surface area contributed by atoms with Gasteiger partial charge in [0.1, 0.15) is 34.7 Å². The van der Waals surface area contributed by atoms with Crippen LogP contribution in [0.2, 0.25) is 0 Å². The third-order valence-corrected chi connectivity index (χ3v) is 25.6. The molecule has 2 nitrogen and oxygen atoms in total. The summed E-state index contributed by atoms with van der Waals surface area (Å²) in [4.78, 5) is 0. The van der Waals surface area contributed by atoms with Gasteiger partial charge in [-0.3, -0.25) is 23.7 Å². The number of furan rings is 2. The number of hydrogen-bond donors (Lipinski definition) is 0. The van der Waals surface area contributed by atoms with Gasteiger partial charge in [0.25, 0.3) is 0 Å². The van der Waals surface area contributed by atoms with Crippen LogP contribution < -0.4 is 42.4 Å². The van der Waals surface area contributed by atoms with Crippen molar-refractivity contribution < 1.29 is 98.4 Å². The average molecular weight is 2030 g/mol. The van der Waals surface area contributed by atoms with E-state index in [1.165, 1.54) is 67.3 Å². The summed E-state index contributed by atoms with van der Waals surface area (Å²) in [5.41, 5.74) is 5.97. The summed E-state index contributed by atoms with van der Waals surface area (Å²) in [6.07, 6.45) is 33.6. The molecule has 0 saturated heterocycles. The van der Waals surface area contributed by atoms with Crippen molar-refractivity contribution >= 4 is 119 Å². The second-order valence-corrected chi connectivity index (χ2v) is 30.5. The van der Waals surface area contributed by atoms with Gasteiger partial charge in [0.15, 0.2) is 0 Å². The van der Waals surface area contributed by atoms with Crippen LogP contribution in [-0.2, 0) is 89.5 Å². The fraction of sp³-hybridized carbons (Fsp3) is 0.0588. The van der Waals surface area contributed by atoms with Crippen LogP contribution >= 0.6 is 32.3 Å². The maximum atomic E-state index is 7.14. The van der Waals surface area contributed by atoms with Gasteiger partial charge >= 0.3 is 89.5 Å². The second-order valence-electron chi connectivity index (χ2n) is 21.3. The van der Waals surface area contributed by atoms with Gasteiger partial charge in [-0.2, -0.15) is 0 Å². The second kappa shape index (κ2) is 41.3. The van der Waals surface area contributed by atoms with Crippen molar-refractivity contribution in [2.45, 2.75) is 13.3 Å². The minimum absolute atomic E-state index is 0. The van der Waals surface area contributed by atoms with Crippen molar-refractivity contribution in [2.24, 2.45) is 0 Å². The summed E-state index contributed by atoms with van der Waals surface area (Å²) in [5.74, 6) is 9.43. The molecule has 0 unspecified atom stereocenters. The molecular weight excluding hydrogens is 1960 g/mol. The molecule has 0 saturated carbocycles. The molecule has 0 bridgehead atoms. The predicted molar refractivity (Wildman–Crippen MR) is 399 cm³/mol. The van der Waals surface area contributed by atoms with Gasteiger partial charge in [-0.15, -0.1) is 70.8 Å². The van der Waals surface area contributed by atoms with Crippen LogP contribution in [0, 0.1) is 49.4 Å². The Morgan fingerprint density at radius 2 is 0.474 bits per heavy atom. The minimum Gasteiger partial charge on any atom is -0.456 e. The molecule has 10 heteroatoms. The Hall–Kier alpha value is -6.84. The van der Waals surface area contributed by atoms with Gasteiger partial charge < -0.3 is 34.5 Å². The van der Waals surface area contributed by atoms with Crippen molar-refractivity contribution in [3.8, 4) is 23.7 Å². The van der Waals surface area contributed by atoms with Gasteiger partial charge in [-0.1, -0.05) is 185 Å². The van der Waals surface area contributed by atoms with E-state index in [9.17, 15) is 0 Å². The van der Waals surface area contributed by atoms with Gasteiger partial charge in [-0.05, 0) is 114 Å². The largest absolute Gasteiger partial charge is 1.00 e. The first-order valence-electron chi connectivity index (χ1n) is 30.3. The third kappa shape index (κ3) is 22.1. The number of rotatable bonds is 13. The Kier molecular flexibility index (Phi) is 33.6. The van der Waals surface area contributed by atoms with Crippen LogP contribution in [0.3, 0.4) is 0 Å². The van der Waals surface area contributed by atoms with Gasteiger partial charge in [-0.25, -0.2) is 0 Å². The molecule has 14 aromatic rings. The fourth-order valence-corrected chi connectivity index (χ4v) is 20.6. The Morgan fingerprint density at radius 1 is 0.274 bits per heavy atom. The molecule has 0 aliphatic carbocycles. The fourth-order valence-electron chi connectivity index (χ4n) is 10.8. The molecule has 12 aromatic carbocycles. The monoisotopic (exact) mass is 2030 g/mol. The molecule has 0 atom stereocenters. The van der Waals surface area contributed by atoms with Crippen LogP contribution in [0.1, 0.15) is 35.6 Å². The van der Waals surface area contributed by atoms with Crippen molar-refractivity contribution in [3.63, 3.8) is 0 Å². The van der Waals surface area contributed by atoms with Gasteiger partial charge in [0, 0.05) is 21.5 Å². The zero-order valence-corrected chi connectivity index (χ0v) is 64.5. The molecule has 95 heavy (non-hydrogen) atoms. The van der Waals surface area contributed by atoms with Crippen LogP contribution in [-0.4, -0.2) is 18.5 Å². The summed E-state index contributed by atoms with van der Waals surface area (Å²) >= 11 is 0. The molecule has 0 radical (unpaired) electrons. The summed E-state index contributed by atoms with van der Waals surface area (Å²) in [5, 5.41) is 15.7. The molecule has 2 heterocycles. The van der Waals surface area contributed by atoms with Gasteiger partial charge in [0.2, 0.25) is 0 Å². The smallest absolute Gasteiger partial charge is 0.456 e. The molecule has 14 rings (SSSR count). The van der Waals surface area contributed by atoms with E-state index >= 15 is 0 Å². The maximum absolute atomic E-state index is 7.14. The van der Waals surface area contributed by atoms with E-state index in [1.807, 2.05) is 48.5 Å². The summed E-state index contributed by atoms with van der Waals surface area (Å²) < 4.78 is 11.3. The maximum Gasteiger partial charge on any atom is 1.00 e. The van der Waals surface area contributed by atoms with E-state index in [1.54, 1.807) is 24.3 Å². The number of hydrogen-bond acceptors (Lipinski definition) is 2. The molecule has 2 aromatic heterocycles. The van der Waals surface area contributed by atoms with Crippen molar-refractivity contribution in [2.75, 3.05) is 18.5 Å². The summed E-state index contributed by atoms with van der Waals surface area (Å²) in [6, 6.07) is 110. The van der Waals surface area contributed by atoms with E-state index in [2.05, 4.69) is 273 Å². The molecule has 0 fully saturated rings. The minimum atomic E-state index is -0.783. The molecule has 0 N–H and O–H groups in total. The Bertz CT molecular complexity index is 4220. The van der Waals surface area contributed by atoms with Crippen LogP contribution in [0.5, 0.6) is 0 Å². The number of benzene rings is 12. The molecule has 0 spiro atoms. The van der Waals surface area contributed by atoms with E-state index in [4.69, 9.17) is 34.5 Å². The normalized spacial score (nSPS) is 10.1. The first-order valence-corrected chi connectivity index (χ1v) is 36.4. The summed E-state index contributed by atoms with van der Waals surface area (Å²) in [7, 11) is -1.34. The van der Waals surface area contributed by atoms with E-state index in [0.717, 1.165) is 52.5 Å². The van der Waals surface area contributed by atoms with Crippen LogP contribution in [0.25, 0.3) is 43.9 Å². The molecule has 0 amide bonds. The first kappa shape index (κ1) is 77.2. The Labute approximate surface area is 629 Å². The van der Waals surface area contributed by atoms with E-state index in [0.29, 0.717) is 22.3 Å². The van der Waals surface area contributed by atoms with Crippen molar-refractivity contribution in [1.82, 2.24) is 0 Å². The molecule has 0 aliphatic rings. The zero-order chi connectivity index (χ0) is 62.8. The standard InChI is InChI=1S/C26H24P2.2C16H6O.C15H17P.C12H11P.4Au/c1-5-13-23(14-6-1)27(24-15-7-2-8-16-24)21-22-28(25-17-9-3-10-18-25)26-19-11-4-12-20-26;2*1-3-11-5-7-15-13(9-11)14-10-12(4-2)6-8-16(14)17-15;1-2-13-16(14-9-5-3-6-10-14)15-11-7-4-8-12-15;1-3-7-11(8-4-1)13-12-9-5-2-6-10-12;;;;/h1-20H,21-22H2;2*5-10H;3-12H,2,13H2,1H3;1-10,13H;;;;/q;2*-2;;;4*+1/p+3. The molecule has 0 aliphatic heterocycles. The van der Waals surface area contributed by atoms with Crippen LogP contribution in [0.4, 0.5) is 0 Å². The molecule has 480 valence electrons.